The summed E-state index contributed by atoms with van der Waals surface area (Å²) in [6.45, 7) is 1.40. The van der Waals surface area contributed by atoms with E-state index in [0.717, 1.165) is 23.9 Å². The molecule has 0 radical (unpaired) electrons. The van der Waals surface area contributed by atoms with Crippen molar-refractivity contribution >= 4 is 16.8 Å². The van der Waals surface area contributed by atoms with Crippen LogP contribution < -0.4 is 5.73 Å². The molecule has 4 nitrogen and oxygen atoms in total. The van der Waals surface area contributed by atoms with Crippen LogP contribution in [0.5, 0.6) is 0 Å². The zero-order valence-electron chi connectivity index (χ0n) is 9.43. The zero-order valence-corrected chi connectivity index (χ0v) is 9.43. The van der Waals surface area contributed by atoms with Crippen molar-refractivity contribution in [3.05, 3.63) is 36.0 Å². The van der Waals surface area contributed by atoms with E-state index >= 15 is 0 Å². The molecule has 3 rings (SSSR count). The maximum atomic E-state index is 11.5. The Bertz CT molecular complexity index is 568. The minimum absolute atomic E-state index is 0.220. The van der Waals surface area contributed by atoms with Crippen LogP contribution in [0.2, 0.25) is 0 Å². The molecule has 1 atom stereocenters. The highest BCUT2D eigenvalue weighted by Gasteiger charge is 2.23. The summed E-state index contributed by atoms with van der Waals surface area (Å²) in [5, 5.41) is 1.05. The van der Waals surface area contributed by atoms with Crippen molar-refractivity contribution in [2.75, 3.05) is 13.2 Å². The molecule has 0 bridgehead atoms. The number of benzene rings is 1. The first-order chi connectivity index (χ1) is 8.27. The van der Waals surface area contributed by atoms with Gasteiger partial charge in [-0.2, -0.15) is 0 Å². The molecule has 2 N–H and O–H groups in total. The van der Waals surface area contributed by atoms with Crippen molar-refractivity contribution in [1.29, 1.82) is 0 Å². The molecule has 1 aliphatic rings. The van der Waals surface area contributed by atoms with E-state index in [4.69, 9.17) is 10.5 Å². The largest absolute Gasteiger partial charge is 0.379 e. The van der Waals surface area contributed by atoms with Gasteiger partial charge >= 0.3 is 0 Å². The number of primary amides is 1. The Morgan fingerprint density at radius 2 is 2.24 bits per heavy atom. The van der Waals surface area contributed by atoms with E-state index in [-0.39, 0.29) is 11.9 Å². The lowest BCUT2D eigenvalue weighted by molar-refractivity contribution is 0.0989. The molecule has 4 heteroatoms. The minimum Gasteiger partial charge on any atom is -0.379 e. The number of para-hydroxylation sites is 1. The van der Waals surface area contributed by atoms with Crippen LogP contribution in [0.4, 0.5) is 0 Å². The third-order valence-electron chi connectivity index (χ3n) is 3.27. The number of ether oxygens (including phenoxy) is 1. The van der Waals surface area contributed by atoms with Gasteiger partial charge in [-0.25, -0.2) is 0 Å². The molecule has 0 spiro atoms. The Hall–Kier alpha value is -1.81. The zero-order chi connectivity index (χ0) is 11.8. The summed E-state index contributed by atoms with van der Waals surface area (Å²) in [6, 6.07) is 10.0. The van der Waals surface area contributed by atoms with Crippen LogP contribution in [-0.4, -0.2) is 23.7 Å². The first-order valence-electron chi connectivity index (χ1n) is 5.75. The number of aromatic nitrogens is 1. The van der Waals surface area contributed by atoms with E-state index in [0.29, 0.717) is 12.3 Å². The second-order valence-electron chi connectivity index (χ2n) is 4.34. The number of nitrogens with two attached hydrogens (primary N) is 1. The van der Waals surface area contributed by atoms with Crippen molar-refractivity contribution in [1.82, 2.24) is 4.57 Å². The molecule has 1 unspecified atom stereocenters. The standard InChI is InChI=1S/C13H14N2O2/c14-13(16)12-7-9-3-1-2-4-11(9)15(12)10-5-6-17-8-10/h1-4,7,10H,5-6,8H2,(H2,14,16). The van der Waals surface area contributed by atoms with Gasteiger partial charge in [0.25, 0.3) is 5.91 Å². The lowest BCUT2D eigenvalue weighted by Crippen LogP contribution is -2.20. The van der Waals surface area contributed by atoms with Crippen molar-refractivity contribution in [2.24, 2.45) is 5.73 Å². The van der Waals surface area contributed by atoms with Gasteiger partial charge in [0.2, 0.25) is 0 Å². The third kappa shape index (κ3) is 1.61. The highest BCUT2D eigenvalue weighted by Crippen LogP contribution is 2.28. The summed E-state index contributed by atoms with van der Waals surface area (Å²) in [5.41, 5.74) is 7.07. The number of carbonyl (C=O) groups is 1. The van der Waals surface area contributed by atoms with Crippen LogP contribution >= 0.6 is 0 Å². The van der Waals surface area contributed by atoms with Gasteiger partial charge in [-0.05, 0) is 18.6 Å². The van der Waals surface area contributed by atoms with Crippen molar-refractivity contribution < 1.29 is 9.53 Å². The van der Waals surface area contributed by atoms with Gasteiger partial charge in [0.05, 0.1) is 12.6 Å². The summed E-state index contributed by atoms with van der Waals surface area (Å²) in [4.78, 5) is 11.5. The van der Waals surface area contributed by atoms with Crippen LogP contribution in [0.1, 0.15) is 23.0 Å². The number of amides is 1. The summed E-state index contributed by atoms with van der Waals surface area (Å²) in [7, 11) is 0. The van der Waals surface area contributed by atoms with Gasteiger partial charge < -0.3 is 15.0 Å². The maximum Gasteiger partial charge on any atom is 0.265 e. The lowest BCUT2D eigenvalue weighted by Gasteiger charge is -2.14. The fourth-order valence-electron chi connectivity index (χ4n) is 2.48. The second kappa shape index (κ2) is 3.89. The molecule has 0 saturated carbocycles. The van der Waals surface area contributed by atoms with E-state index in [2.05, 4.69) is 0 Å². The molecule has 2 aromatic rings. The fourth-order valence-corrected chi connectivity index (χ4v) is 2.48. The van der Waals surface area contributed by atoms with Crippen LogP contribution in [0, 0.1) is 0 Å². The molecule has 1 amide bonds. The highest BCUT2D eigenvalue weighted by atomic mass is 16.5. The molecule has 88 valence electrons. The minimum atomic E-state index is -0.381. The van der Waals surface area contributed by atoms with Gasteiger partial charge in [0.15, 0.2) is 0 Å². The number of fused-ring (bicyclic) bond motifs is 1. The van der Waals surface area contributed by atoms with E-state index in [9.17, 15) is 4.79 Å². The smallest absolute Gasteiger partial charge is 0.265 e. The van der Waals surface area contributed by atoms with Crippen LogP contribution in [-0.2, 0) is 4.74 Å². The number of rotatable bonds is 2. The van der Waals surface area contributed by atoms with Gasteiger partial charge in [-0.3, -0.25) is 4.79 Å². The van der Waals surface area contributed by atoms with Crippen LogP contribution in [0.25, 0.3) is 10.9 Å². The molecule has 1 fully saturated rings. The Kier molecular flexibility index (Phi) is 2.37. The predicted octanol–water partition coefficient (Wildman–Crippen LogP) is 1.70. The Balaban J connectivity index is 2.24. The van der Waals surface area contributed by atoms with Gasteiger partial charge in [0, 0.05) is 17.5 Å². The summed E-state index contributed by atoms with van der Waals surface area (Å²) in [6.07, 6.45) is 0.930. The average molecular weight is 230 g/mol. The van der Waals surface area contributed by atoms with Crippen molar-refractivity contribution in [3.8, 4) is 0 Å². The number of hydrogen-bond acceptors (Lipinski definition) is 2. The summed E-state index contributed by atoms with van der Waals surface area (Å²) in [5.74, 6) is -0.381. The molecule has 17 heavy (non-hydrogen) atoms. The van der Waals surface area contributed by atoms with E-state index in [1.165, 1.54) is 0 Å². The number of carbonyl (C=O) groups excluding carboxylic acids is 1. The third-order valence-corrected chi connectivity index (χ3v) is 3.27. The first-order valence-corrected chi connectivity index (χ1v) is 5.75. The molecule has 0 aliphatic carbocycles. The topological polar surface area (TPSA) is 57.2 Å². The van der Waals surface area contributed by atoms with E-state index in [1.807, 2.05) is 34.9 Å². The summed E-state index contributed by atoms with van der Waals surface area (Å²) < 4.78 is 7.41. The molecule has 1 saturated heterocycles. The van der Waals surface area contributed by atoms with Gasteiger partial charge in [-0.15, -0.1) is 0 Å². The van der Waals surface area contributed by atoms with Crippen LogP contribution in [0.15, 0.2) is 30.3 Å². The highest BCUT2D eigenvalue weighted by molar-refractivity contribution is 5.97. The maximum absolute atomic E-state index is 11.5. The Morgan fingerprint density at radius 1 is 1.41 bits per heavy atom. The fraction of sp³-hybridized carbons (Fsp3) is 0.308. The normalized spacial score (nSPS) is 19.9. The first kappa shape index (κ1) is 10.4. The van der Waals surface area contributed by atoms with Crippen molar-refractivity contribution in [3.63, 3.8) is 0 Å². The SMILES string of the molecule is NC(=O)c1cc2ccccc2n1C1CCOC1. The molecular weight excluding hydrogens is 216 g/mol. The van der Waals surface area contributed by atoms with Crippen LogP contribution in [0.3, 0.4) is 0 Å². The molecule has 1 aromatic heterocycles. The second-order valence-corrected chi connectivity index (χ2v) is 4.34. The monoisotopic (exact) mass is 230 g/mol. The quantitative estimate of drug-likeness (QED) is 0.853. The van der Waals surface area contributed by atoms with Gasteiger partial charge in [-0.1, -0.05) is 18.2 Å². The Morgan fingerprint density at radius 3 is 2.94 bits per heavy atom. The number of nitrogens with zero attached hydrogens (tertiary/aromatic N) is 1. The van der Waals surface area contributed by atoms with Gasteiger partial charge in [0.1, 0.15) is 5.69 Å². The van der Waals surface area contributed by atoms with E-state index in [1.54, 1.807) is 0 Å². The number of hydrogen-bond donors (Lipinski definition) is 1. The lowest BCUT2D eigenvalue weighted by atomic mass is 10.2. The van der Waals surface area contributed by atoms with E-state index < -0.39 is 0 Å². The van der Waals surface area contributed by atoms with Crippen molar-refractivity contribution in [2.45, 2.75) is 12.5 Å². The predicted molar refractivity (Wildman–Crippen MR) is 64.9 cm³/mol. The summed E-state index contributed by atoms with van der Waals surface area (Å²) >= 11 is 0. The Labute approximate surface area is 99.0 Å². The average Bonchev–Trinajstić information content (AvgIpc) is 2.94. The molecular formula is C13H14N2O2. The molecule has 1 aliphatic heterocycles. The molecule has 1 aromatic carbocycles. The molecule has 2 heterocycles.